The molecule has 4 rings (SSSR count). The standard InChI is InChI=1S/C20H17Cl2N5O2S/c1-2-9-26-18(29)13-5-3-4-6-16(13)27-19(26)24-25-20(27)30-11-17(28)23-15-10-12(21)7-8-14(15)22/h3-8,10H,2,9,11H2,1H3,(H,23,28). The quantitative estimate of drug-likeness (QED) is 0.427. The van der Waals surface area contributed by atoms with Gasteiger partial charge in [0.1, 0.15) is 0 Å². The molecular weight excluding hydrogens is 445 g/mol. The van der Waals surface area contributed by atoms with Crippen LogP contribution < -0.4 is 10.9 Å². The Kier molecular flexibility index (Phi) is 5.99. The average molecular weight is 462 g/mol. The molecule has 2 heterocycles. The van der Waals surface area contributed by atoms with E-state index in [1.165, 1.54) is 11.8 Å². The highest BCUT2D eigenvalue weighted by molar-refractivity contribution is 7.99. The van der Waals surface area contributed by atoms with Gasteiger partial charge in [-0.25, -0.2) is 0 Å². The van der Waals surface area contributed by atoms with Crippen LogP contribution in [-0.2, 0) is 11.3 Å². The van der Waals surface area contributed by atoms with Crippen molar-refractivity contribution in [2.75, 3.05) is 11.1 Å². The Labute approximate surface area is 186 Å². The second-order valence-corrected chi connectivity index (χ2v) is 8.34. The van der Waals surface area contributed by atoms with Crippen molar-refractivity contribution < 1.29 is 4.79 Å². The van der Waals surface area contributed by atoms with E-state index in [1.807, 2.05) is 29.5 Å². The number of carbonyl (C=O) groups excluding carboxylic acids is 1. The minimum absolute atomic E-state index is 0.0882. The Morgan fingerprint density at radius 3 is 2.77 bits per heavy atom. The summed E-state index contributed by atoms with van der Waals surface area (Å²) in [6.07, 6.45) is 0.784. The van der Waals surface area contributed by atoms with E-state index in [4.69, 9.17) is 23.2 Å². The van der Waals surface area contributed by atoms with Gasteiger partial charge >= 0.3 is 0 Å². The van der Waals surface area contributed by atoms with Gasteiger partial charge in [0.25, 0.3) is 5.56 Å². The maximum atomic E-state index is 12.9. The third-order valence-electron chi connectivity index (χ3n) is 4.46. The number of amides is 1. The lowest BCUT2D eigenvalue weighted by Crippen LogP contribution is -2.23. The molecule has 154 valence electrons. The highest BCUT2D eigenvalue weighted by Gasteiger charge is 2.17. The molecule has 0 aliphatic heterocycles. The van der Waals surface area contributed by atoms with Crippen LogP contribution in [0.4, 0.5) is 5.69 Å². The summed E-state index contributed by atoms with van der Waals surface area (Å²) >= 11 is 13.3. The molecule has 2 aromatic heterocycles. The van der Waals surface area contributed by atoms with Gasteiger partial charge in [-0.05, 0) is 36.8 Å². The van der Waals surface area contributed by atoms with E-state index >= 15 is 0 Å². The molecule has 0 fully saturated rings. The summed E-state index contributed by atoms with van der Waals surface area (Å²) in [5, 5.41) is 13.2. The number of benzene rings is 2. The summed E-state index contributed by atoms with van der Waals surface area (Å²) in [6.45, 7) is 2.53. The Bertz CT molecular complexity index is 1320. The molecule has 10 heteroatoms. The molecule has 0 unspecified atom stereocenters. The summed E-state index contributed by atoms with van der Waals surface area (Å²) in [6, 6.07) is 12.2. The first-order valence-electron chi connectivity index (χ1n) is 9.24. The number of nitrogens with zero attached hydrogens (tertiary/aromatic N) is 4. The summed E-state index contributed by atoms with van der Waals surface area (Å²) in [4.78, 5) is 25.3. The van der Waals surface area contributed by atoms with Crippen molar-refractivity contribution in [1.29, 1.82) is 0 Å². The third-order valence-corrected chi connectivity index (χ3v) is 5.95. The molecule has 0 atom stereocenters. The summed E-state index contributed by atoms with van der Waals surface area (Å²) < 4.78 is 3.43. The van der Waals surface area contributed by atoms with Crippen molar-refractivity contribution in [2.45, 2.75) is 25.0 Å². The second-order valence-electron chi connectivity index (χ2n) is 6.55. The molecule has 0 aliphatic carbocycles. The number of hydrogen-bond acceptors (Lipinski definition) is 5. The van der Waals surface area contributed by atoms with Crippen LogP contribution in [-0.4, -0.2) is 30.8 Å². The van der Waals surface area contributed by atoms with E-state index < -0.39 is 0 Å². The zero-order chi connectivity index (χ0) is 21.3. The molecule has 30 heavy (non-hydrogen) atoms. The predicted octanol–water partition coefficient (Wildman–Crippen LogP) is 4.49. The van der Waals surface area contributed by atoms with Crippen molar-refractivity contribution in [1.82, 2.24) is 19.2 Å². The fourth-order valence-corrected chi connectivity index (χ4v) is 4.24. The number of fused-ring (bicyclic) bond motifs is 3. The number of aromatic nitrogens is 4. The number of para-hydroxylation sites is 1. The van der Waals surface area contributed by atoms with Crippen LogP contribution in [0, 0.1) is 0 Å². The van der Waals surface area contributed by atoms with Gasteiger partial charge in [0.2, 0.25) is 11.7 Å². The first-order valence-corrected chi connectivity index (χ1v) is 11.0. The predicted molar refractivity (Wildman–Crippen MR) is 121 cm³/mol. The van der Waals surface area contributed by atoms with Crippen molar-refractivity contribution in [2.24, 2.45) is 0 Å². The number of halogens is 2. The topological polar surface area (TPSA) is 81.3 Å². The molecule has 4 aromatic rings. The van der Waals surface area contributed by atoms with Crippen molar-refractivity contribution in [3.05, 3.63) is 62.9 Å². The minimum atomic E-state index is -0.257. The Morgan fingerprint density at radius 2 is 1.97 bits per heavy atom. The monoisotopic (exact) mass is 461 g/mol. The van der Waals surface area contributed by atoms with Crippen molar-refractivity contribution in [3.63, 3.8) is 0 Å². The van der Waals surface area contributed by atoms with Crippen molar-refractivity contribution >= 4 is 63.2 Å². The van der Waals surface area contributed by atoms with Gasteiger partial charge in [-0.15, -0.1) is 10.2 Å². The molecule has 0 radical (unpaired) electrons. The van der Waals surface area contributed by atoms with Crippen LogP contribution in [0.2, 0.25) is 10.0 Å². The molecule has 7 nitrogen and oxygen atoms in total. The normalized spacial score (nSPS) is 11.3. The van der Waals surface area contributed by atoms with Gasteiger partial charge in [-0.1, -0.05) is 54.0 Å². The van der Waals surface area contributed by atoms with Gasteiger partial charge in [-0.3, -0.25) is 18.6 Å². The second kappa shape index (κ2) is 8.67. The van der Waals surface area contributed by atoms with E-state index in [9.17, 15) is 9.59 Å². The minimum Gasteiger partial charge on any atom is -0.324 e. The summed E-state index contributed by atoms with van der Waals surface area (Å²) in [5.74, 6) is 0.290. The van der Waals surface area contributed by atoms with Crippen LogP contribution >= 0.6 is 35.0 Å². The first kappa shape index (κ1) is 20.7. The maximum absolute atomic E-state index is 12.9. The van der Waals surface area contributed by atoms with Gasteiger partial charge in [0.15, 0.2) is 5.16 Å². The van der Waals surface area contributed by atoms with Crippen molar-refractivity contribution in [3.8, 4) is 0 Å². The summed E-state index contributed by atoms with van der Waals surface area (Å²) in [7, 11) is 0. The Hall–Kier alpha value is -2.55. The Morgan fingerprint density at radius 1 is 1.17 bits per heavy atom. The lowest BCUT2D eigenvalue weighted by atomic mass is 10.2. The molecule has 0 saturated heterocycles. The molecule has 0 aliphatic rings. The van der Waals surface area contributed by atoms with E-state index in [-0.39, 0.29) is 17.2 Å². The van der Waals surface area contributed by atoms with E-state index in [1.54, 1.807) is 28.8 Å². The highest BCUT2D eigenvalue weighted by Crippen LogP contribution is 2.26. The largest absolute Gasteiger partial charge is 0.324 e. The summed E-state index contributed by atoms with van der Waals surface area (Å²) in [5.41, 5.74) is 1.05. The Balaban J connectivity index is 1.66. The smallest absolute Gasteiger partial charge is 0.262 e. The van der Waals surface area contributed by atoms with Gasteiger partial charge < -0.3 is 5.32 Å². The fourth-order valence-electron chi connectivity index (χ4n) is 3.16. The zero-order valence-electron chi connectivity index (χ0n) is 15.9. The lowest BCUT2D eigenvalue weighted by Gasteiger charge is -2.10. The molecule has 0 spiro atoms. The number of hydrogen-bond donors (Lipinski definition) is 1. The first-order chi connectivity index (χ1) is 14.5. The number of anilines is 1. The lowest BCUT2D eigenvalue weighted by molar-refractivity contribution is -0.113. The highest BCUT2D eigenvalue weighted by atomic mass is 35.5. The molecule has 0 bridgehead atoms. The number of nitrogens with one attached hydrogen (secondary N) is 1. The molecule has 2 aromatic carbocycles. The number of thioether (sulfide) groups is 1. The molecule has 0 saturated carbocycles. The third kappa shape index (κ3) is 3.90. The maximum Gasteiger partial charge on any atom is 0.262 e. The van der Waals surface area contributed by atoms with Gasteiger partial charge in [-0.2, -0.15) is 0 Å². The fraction of sp³-hybridized carbons (Fsp3) is 0.200. The number of rotatable bonds is 6. The zero-order valence-corrected chi connectivity index (χ0v) is 18.3. The van der Waals surface area contributed by atoms with E-state index in [0.29, 0.717) is 44.1 Å². The van der Waals surface area contributed by atoms with Crippen LogP contribution in [0.3, 0.4) is 0 Å². The number of carbonyl (C=O) groups is 1. The molecule has 1 N–H and O–H groups in total. The average Bonchev–Trinajstić information content (AvgIpc) is 3.16. The van der Waals surface area contributed by atoms with E-state index in [2.05, 4.69) is 15.5 Å². The van der Waals surface area contributed by atoms with E-state index in [0.717, 1.165) is 6.42 Å². The SMILES string of the molecule is CCCn1c(=O)c2ccccc2n2c(SCC(=O)Nc3cc(Cl)ccc3Cl)nnc12. The molecule has 1 amide bonds. The van der Waals surface area contributed by atoms with Crippen LogP contribution in [0.1, 0.15) is 13.3 Å². The van der Waals surface area contributed by atoms with Gasteiger partial charge in [0.05, 0.1) is 27.4 Å². The molecular formula is C20H17Cl2N5O2S. The number of aryl methyl sites for hydroxylation is 1. The van der Waals surface area contributed by atoms with Crippen LogP contribution in [0.15, 0.2) is 52.4 Å². The van der Waals surface area contributed by atoms with Crippen LogP contribution in [0.5, 0.6) is 0 Å². The van der Waals surface area contributed by atoms with Gasteiger partial charge in [0, 0.05) is 11.6 Å². The van der Waals surface area contributed by atoms with Crippen LogP contribution in [0.25, 0.3) is 16.7 Å².